The lowest BCUT2D eigenvalue weighted by Crippen LogP contribution is -2.40. The van der Waals surface area contributed by atoms with Gasteiger partial charge >= 0.3 is 11.1 Å². The van der Waals surface area contributed by atoms with Crippen LogP contribution in [0.15, 0.2) is 0 Å². The number of hydrogen-bond acceptors (Lipinski definition) is 7. The van der Waals surface area contributed by atoms with Crippen LogP contribution in [0.4, 0.5) is 0 Å². The Labute approximate surface area is 138 Å². The van der Waals surface area contributed by atoms with Crippen LogP contribution in [0.2, 0.25) is 0 Å². The Morgan fingerprint density at radius 2 is 2.27 bits per heavy atom. The highest BCUT2D eigenvalue weighted by molar-refractivity contribution is 8.06. The molecule has 1 rings (SSSR count). The van der Waals surface area contributed by atoms with Gasteiger partial charge in [0.2, 0.25) is 0 Å². The van der Waals surface area contributed by atoms with Crippen LogP contribution >= 0.6 is 12.6 Å². The molecular weight excluding hydrogens is 328 g/mol. The van der Waals surface area contributed by atoms with E-state index in [-0.39, 0.29) is 23.4 Å². The Morgan fingerprint density at radius 1 is 1.64 bits per heavy atom. The summed E-state index contributed by atoms with van der Waals surface area (Å²) in [6.45, 7) is 2.77. The van der Waals surface area contributed by atoms with Gasteiger partial charge in [-0.05, 0) is 26.3 Å². The quantitative estimate of drug-likeness (QED) is 0.154. The molecule has 0 saturated carbocycles. The van der Waals surface area contributed by atoms with Crippen molar-refractivity contribution < 1.29 is 19.2 Å². The van der Waals surface area contributed by atoms with Crippen LogP contribution in [0.25, 0.3) is 0 Å². The van der Waals surface area contributed by atoms with E-state index in [1.54, 1.807) is 6.92 Å². The predicted octanol–water partition coefficient (Wildman–Crippen LogP) is -1.07. The lowest BCUT2D eigenvalue weighted by molar-refractivity contribution is -0.139. The van der Waals surface area contributed by atoms with Crippen LogP contribution in [0, 0.1) is 5.41 Å². The third kappa shape index (κ3) is 9.26. The standard InChI is InChI=1S/C7H15N3O2S2.C5H9NO2/c1-5(8)10-2-3-14(12)7(11)6(9)4-13;7-5(8)4-2-1-3-6-4/h6,13H,2-4,9H2,1H3,(H2,8,10);4,6H,1-3H2,(H,7,8)/t6-,14?;4-/m00/s1. The monoisotopic (exact) mass is 352 g/mol. The van der Waals surface area contributed by atoms with Gasteiger partial charge in [0.25, 0.3) is 0 Å². The van der Waals surface area contributed by atoms with Crippen molar-refractivity contribution in [2.75, 3.05) is 24.6 Å². The lowest BCUT2D eigenvalue weighted by Gasteiger charge is -2.12. The zero-order valence-electron chi connectivity index (χ0n) is 12.5. The van der Waals surface area contributed by atoms with E-state index in [1.807, 2.05) is 0 Å². The summed E-state index contributed by atoms with van der Waals surface area (Å²) in [5.41, 5.74) is 5.37. The number of nitrogens with one attached hydrogen (secondary N) is 3. The highest BCUT2D eigenvalue weighted by Gasteiger charge is 2.25. The normalized spacial score (nSPS) is 19.5. The maximum atomic E-state index is 11.3. The first-order valence-electron chi connectivity index (χ1n) is 6.83. The van der Waals surface area contributed by atoms with Gasteiger partial charge in [0, 0.05) is 16.9 Å². The largest absolute Gasteiger partial charge is 0.609 e. The molecule has 1 unspecified atom stereocenters. The van der Waals surface area contributed by atoms with E-state index in [9.17, 15) is 14.1 Å². The molecule has 6 N–H and O–H groups in total. The predicted molar refractivity (Wildman–Crippen MR) is 89.9 cm³/mol. The van der Waals surface area contributed by atoms with Crippen LogP contribution in [0.1, 0.15) is 19.8 Å². The number of thiol groups is 1. The Balaban J connectivity index is 0.000000461. The van der Waals surface area contributed by atoms with Crippen LogP contribution in [0.5, 0.6) is 0 Å². The molecule has 8 nitrogen and oxygen atoms in total. The number of carboxylic acid groups (broad SMARTS) is 1. The molecule has 1 aliphatic heterocycles. The van der Waals surface area contributed by atoms with E-state index in [4.69, 9.17) is 16.2 Å². The number of nitrogens with two attached hydrogens (primary N) is 1. The molecule has 0 bridgehead atoms. The van der Waals surface area contributed by atoms with Crippen molar-refractivity contribution in [1.82, 2.24) is 10.6 Å². The van der Waals surface area contributed by atoms with Crippen molar-refractivity contribution in [3.63, 3.8) is 0 Å². The molecule has 1 aliphatic rings. The fourth-order valence-corrected chi connectivity index (χ4v) is 2.77. The average Bonchev–Trinajstić information content (AvgIpc) is 3.00. The van der Waals surface area contributed by atoms with Crippen LogP contribution < -0.4 is 16.4 Å². The molecule has 128 valence electrons. The molecule has 0 aliphatic carbocycles. The second kappa shape index (κ2) is 11.7. The van der Waals surface area contributed by atoms with Crippen molar-refractivity contribution >= 4 is 40.7 Å². The van der Waals surface area contributed by atoms with E-state index in [0.29, 0.717) is 6.54 Å². The summed E-state index contributed by atoms with van der Waals surface area (Å²) in [4.78, 5) is 21.3. The minimum Gasteiger partial charge on any atom is -0.609 e. The van der Waals surface area contributed by atoms with E-state index in [1.165, 1.54) is 0 Å². The van der Waals surface area contributed by atoms with Gasteiger partial charge in [0.1, 0.15) is 17.8 Å². The summed E-state index contributed by atoms with van der Waals surface area (Å²) in [5.74, 6) is -0.0616. The molecule has 0 aromatic carbocycles. The zero-order valence-corrected chi connectivity index (χ0v) is 14.2. The van der Waals surface area contributed by atoms with Gasteiger partial charge in [-0.15, -0.1) is 0 Å². The van der Waals surface area contributed by atoms with Crippen molar-refractivity contribution in [2.24, 2.45) is 5.73 Å². The molecule has 1 saturated heterocycles. The second-order valence-corrected chi connectivity index (χ2v) is 6.56. The van der Waals surface area contributed by atoms with Gasteiger partial charge in [-0.2, -0.15) is 12.6 Å². The first kappa shape index (κ1) is 21.2. The molecule has 0 aromatic rings. The number of carboxylic acids is 1. The third-order valence-electron chi connectivity index (χ3n) is 2.76. The maximum absolute atomic E-state index is 11.3. The third-order valence-corrected chi connectivity index (χ3v) is 4.48. The summed E-state index contributed by atoms with van der Waals surface area (Å²) >= 11 is 2.26. The van der Waals surface area contributed by atoms with Gasteiger partial charge in [0.05, 0.1) is 12.4 Å². The van der Waals surface area contributed by atoms with Crippen LogP contribution in [0.3, 0.4) is 0 Å². The smallest absolute Gasteiger partial charge is 0.346 e. The lowest BCUT2D eigenvalue weighted by atomic mass is 10.2. The minimum absolute atomic E-state index is 0.177. The van der Waals surface area contributed by atoms with Crippen LogP contribution in [-0.4, -0.2) is 63.3 Å². The van der Waals surface area contributed by atoms with Gasteiger partial charge < -0.3 is 26.0 Å². The molecule has 1 heterocycles. The summed E-state index contributed by atoms with van der Waals surface area (Å²) < 4.78 is 11.3. The Kier molecular flexibility index (Phi) is 11.3. The topological polar surface area (TPSA) is 151 Å². The molecule has 0 radical (unpaired) electrons. The number of hydrogen-bond donors (Lipinski definition) is 6. The summed E-state index contributed by atoms with van der Waals surface area (Å²) in [7, 11) is 0. The molecular formula is C12H24N4O4S2. The van der Waals surface area contributed by atoms with Gasteiger partial charge in [-0.1, -0.05) is 0 Å². The minimum atomic E-state index is -1.58. The molecule has 0 spiro atoms. The van der Waals surface area contributed by atoms with Crippen molar-refractivity contribution in [2.45, 2.75) is 31.8 Å². The number of amidine groups is 1. The van der Waals surface area contributed by atoms with Gasteiger partial charge in [0.15, 0.2) is 0 Å². The zero-order chi connectivity index (χ0) is 17.1. The van der Waals surface area contributed by atoms with Crippen molar-refractivity contribution in [1.29, 1.82) is 5.41 Å². The molecule has 22 heavy (non-hydrogen) atoms. The van der Waals surface area contributed by atoms with Crippen molar-refractivity contribution in [3.05, 3.63) is 0 Å². The SMILES string of the molecule is CC(=N)NCC[S+]([O-])C(=O)[C@@H](N)CS.O=C(O)[C@@H]1CCCN1. The van der Waals surface area contributed by atoms with E-state index < -0.39 is 28.3 Å². The Bertz CT molecular complexity index is 378. The summed E-state index contributed by atoms with van der Waals surface area (Å²) in [5, 5.41) is 20.4. The number of aliphatic carboxylic acids is 1. The summed E-state index contributed by atoms with van der Waals surface area (Å²) in [6.07, 6.45) is 1.78. The number of rotatable bonds is 6. The fraction of sp³-hybridized carbons (Fsp3) is 0.750. The molecule has 1 fully saturated rings. The van der Waals surface area contributed by atoms with Gasteiger partial charge in [-0.25, -0.2) is 4.79 Å². The highest BCUT2D eigenvalue weighted by Crippen LogP contribution is 2.03. The van der Waals surface area contributed by atoms with Crippen LogP contribution in [-0.2, 0) is 20.8 Å². The Morgan fingerprint density at radius 3 is 2.64 bits per heavy atom. The second-order valence-electron chi connectivity index (χ2n) is 4.70. The highest BCUT2D eigenvalue weighted by atomic mass is 32.2. The first-order valence-corrected chi connectivity index (χ1v) is 8.78. The first-order chi connectivity index (χ1) is 10.3. The van der Waals surface area contributed by atoms with Gasteiger partial charge in [-0.3, -0.25) is 10.2 Å². The maximum Gasteiger partial charge on any atom is 0.346 e. The van der Waals surface area contributed by atoms with E-state index in [2.05, 4.69) is 23.3 Å². The van der Waals surface area contributed by atoms with E-state index >= 15 is 0 Å². The molecule has 3 atom stereocenters. The number of carbonyl (C=O) groups excluding carboxylic acids is 1. The average molecular weight is 352 g/mol. The van der Waals surface area contributed by atoms with Crippen molar-refractivity contribution in [3.8, 4) is 0 Å². The molecule has 10 heteroatoms. The Hall–Kier alpha value is -0.810. The van der Waals surface area contributed by atoms with E-state index in [0.717, 1.165) is 19.4 Å². The number of carbonyl (C=O) groups is 2. The summed E-state index contributed by atoms with van der Waals surface area (Å²) in [6, 6.07) is -1.03. The fourth-order valence-electron chi connectivity index (χ4n) is 1.57. The molecule has 0 amide bonds. The molecule has 0 aromatic heterocycles.